The van der Waals surface area contributed by atoms with Crippen LogP contribution in [0.2, 0.25) is 0 Å². The molecule has 0 spiro atoms. The highest BCUT2D eigenvalue weighted by Gasteiger charge is 2.18. The van der Waals surface area contributed by atoms with Crippen molar-refractivity contribution < 1.29 is 4.52 Å². The van der Waals surface area contributed by atoms with Gasteiger partial charge in [-0.25, -0.2) is 0 Å². The molecule has 1 unspecified atom stereocenters. The van der Waals surface area contributed by atoms with E-state index in [0.717, 1.165) is 11.7 Å². The van der Waals surface area contributed by atoms with Crippen molar-refractivity contribution in [3.8, 4) is 5.75 Å². The van der Waals surface area contributed by atoms with Crippen molar-refractivity contribution in [3.05, 3.63) is 29.8 Å². The fourth-order valence-electron chi connectivity index (χ4n) is 2.43. The first-order chi connectivity index (χ1) is 7.42. The van der Waals surface area contributed by atoms with Crippen LogP contribution in [0.3, 0.4) is 0 Å². The summed E-state index contributed by atoms with van der Waals surface area (Å²) in [6.07, 6.45) is 6.86. The summed E-state index contributed by atoms with van der Waals surface area (Å²) in [5, 5.41) is 0. The lowest BCUT2D eigenvalue weighted by atomic mass is 9.84. The van der Waals surface area contributed by atoms with Gasteiger partial charge in [0.1, 0.15) is 5.75 Å². The Bertz CT molecular complexity index is 305. The predicted octanol–water partition coefficient (Wildman–Crippen LogP) is 4.34. The minimum atomic E-state index is 0.546. The van der Waals surface area contributed by atoms with Gasteiger partial charge in [-0.05, 0) is 37.1 Å². The molecular formula is C13H19OP. The normalized spacial score (nSPS) is 18.5. The smallest absolute Gasteiger partial charge is 0.126 e. The maximum absolute atomic E-state index is 5.72. The van der Waals surface area contributed by atoms with Crippen LogP contribution in [0.1, 0.15) is 43.6 Å². The van der Waals surface area contributed by atoms with Crippen LogP contribution in [0.25, 0.3) is 0 Å². The minimum Gasteiger partial charge on any atom is -0.477 e. The van der Waals surface area contributed by atoms with Crippen molar-refractivity contribution >= 4 is 8.81 Å². The highest BCUT2D eigenvalue weighted by molar-refractivity contribution is 7.31. The summed E-state index contributed by atoms with van der Waals surface area (Å²) in [5.41, 5.74) is 1.44. The van der Waals surface area contributed by atoms with Crippen LogP contribution in [-0.2, 0) is 0 Å². The molecule has 1 aliphatic carbocycles. The van der Waals surface area contributed by atoms with Crippen LogP contribution in [-0.4, -0.2) is 6.66 Å². The van der Waals surface area contributed by atoms with E-state index in [2.05, 4.69) is 30.9 Å². The summed E-state index contributed by atoms with van der Waals surface area (Å²) in [4.78, 5) is 0. The summed E-state index contributed by atoms with van der Waals surface area (Å²) >= 11 is 0. The molecule has 0 radical (unpaired) electrons. The van der Waals surface area contributed by atoms with Gasteiger partial charge in [-0.3, -0.25) is 0 Å². The Balaban J connectivity index is 2.17. The van der Waals surface area contributed by atoms with Gasteiger partial charge in [0.2, 0.25) is 0 Å². The number of hydrogen-bond acceptors (Lipinski definition) is 1. The standard InChI is InChI=1S/C13H19OP/c1-15-14-13-10-6-5-9-12(13)11-7-3-2-4-8-11/h5-6,9-11,15H,2-4,7-8H2,1H3. The molecule has 1 aromatic rings. The van der Waals surface area contributed by atoms with Crippen molar-refractivity contribution in [1.29, 1.82) is 0 Å². The molecule has 0 bridgehead atoms. The Morgan fingerprint density at radius 2 is 1.87 bits per heavy atom. The molecule has 1 atom stereocenters. The molecule has 2 rings (SSSR count). The molecule has 15 heavy (non-hydrogen) atoms. The molecule has 0 aliphatic heterocycles. The lowest BCUT2D eigenvalue weighted by molar-refractivity contribution is 0.436. The first-order valence-corrected chi connectivity index (χ1v) is 7.25. The largest absolute Gasteiger partial charge is 0.477 e. The van der Waals surface area contributed by atoms with Crippen LogP contribution in [0, 0.1) is 0 Å². The molecule has 1 aliphatic rings. The van der Waals surface area contributed by atoms with Crippen LogP contribution >= 0.6 is 8.81 Å². The fourth-order valence-corrected chi connectivity index (χ4v) is 2.84. The minimum absolute atomic E-state index is 0.546. The Morgan fingerprint density at radius 3 is 2.60 bits per heavy atom. The lowest BCUT2D eigenvalue weighted by Gasteiger charge is -2.23. The molecule has 2 heteroatoms. The van der Waals surface area contributed by atoms with E-state index in [1.165, 1.54) is 37.7 Å². The van der Waals surface area contributed by atoms with E-state index in [9.17, 15) is 0 Å². The van der Waals surface area contributed by atoms with E-state index < -0.39 is 0 Å². The summed E-state index contributed by atoms with van der Waals surface area (Å²) in [6, 6.07) is 8.56. The van der Waals surface area contributed by atoms with Gasteiger partial charge in [0.15, 0.2) is 0 Å². The Labute approximate surface area is 94.1 Å². The maximum atomic E-state index is 5.72. The van der Waals surface area contributed by atoms with Gasteiger partial charge in [0, 0.05) is 0 Å². The number of benzene rings is 1. The van der Waals surface area contributed by atoms with Crippen molar-refractivity contribution in [2.75, 3.05) is 6.66 Å². The molecule has 0 saturated heterocycles. The average molecular weight is 222 g/mol. The summed E-state index contributed by atoms with van der Waals surface area (Å²) in [7, 11) is 0.546. The first kappa shape index (κ1) is 11.0. The average Bonchev–Trinajstić information content (AvgIpc) is 2.31. The van der Waals surface area contributed by atoms with E-state index in [-0.39, 0.29) is 0 Å². The van der Waals surface area contributed by atoms with Crippen molar-refractivity contribution in [1.82, 2.24) is 0 Å². The third-order valence-corrected chi connectivity index (χ3v) is 3.60. The number of hydrogen-bond donors (Lipinski definition) is 0. The van der Waals surface area contributed by atoms with Gasteiger partial charge in [0.25, 0.3) is 0 Å². The van der Waals surface area contributed by atoms with Crippen molar-refractivity contribution in [2.45, 2.75) is 38.0 Å². The van der Waals surface area contributed by atoms with E-state index >= 15 is 0 Å². The zero-order chi connectivity index (χ0) is 10.5. The number of para-hydroxylation sites is 1. The van der Waals surface area contributed by atoms with Gasteiger partial charge in [-0.1, -0.05) is 37.5 Å². The molecule has 82 valence electrons. The van der Waals surface area contributed by atoms with E-state index in [0.29, 0.717) is 8.81 Å². The maximum Gasteiger partial charge on any atom is 0.126 e. The third-order valence-electron chi connectivity index (χ3n) is 3.18. The lowest BCUT2D eigenvalue weighted by Crippen LogP contribution is -2.05. The Hall–Kier alpha value is -0.550. The van der Waals surface area contributed by atoms with Crippen LogP contribution in [0.15, 0.2) is 24.3 Å². The zero-order valence-corrected chi connectivity index (χ0v) is 10.3. The second-order valence-electron chi connectivity index (χ2n) is 4.18. The molecule has 1 nitrogen and oxygen atoms in total. The predicted molar refractivity (Wildman–Crippen MR) is 67.1 cm³/mol. The van der Waals surface area contributed by atoms with Gasteiger partial charge in [0.05, 0.1) is 8.81 Å². The SMILES string of the molecule is CPOc1ccccc1C1CCCCC1. The monoisotopic (exact) mass is 222 g/mol. The van der Waals surface area contributed by atoms with Crippen LogP contribution in [0.5, 0.6) is 5.75 Å². The van der Waals surface area contributed by atoms with Gasteiger partial charge in [-0.2, -0.15) is 0 Å². The zero-order valence-electron chi connectivity index (χ0n) is 9.33. The molecule has 1 fully saturated rings. The first-order valence-electron chi connectivity index (χ1n) is 5.84. The van der Waals surface area contributed by atoms with Crippen molar-refractivity contribution in [3.63, 3.8) is 0 Å². The highest BCUT2D eigenvalue weighted by Crippen LogP contribution is 2.38. The molecule has 0 heterocycles. The van der Waals surface area contributed by atoms with Gasteiger partial charge < -0.3 is 4.52 Å². The summed E-state index contributed by atoms with van der Waals surface area (Å²) < 4.78 is 5.72. The van der Waals surface area contributed by atoms with E-state index in [1.54, 1.807) is 0 Å². The summed E-state index contributed by atoms with van der Waals surface area (Å²) in [6.45, 7) is 2.08. The topological polar surface area (TPSA) is 9.23 Å². The quantitative estimate of drug-likeness (QED) is 0.691. The third kappa shape index (κ3) is 2.72. The summed E-state index contributed by atoms with van der Waals surface area (Å²) in [5.74, 6) is 1.86. The van der Waals surface area contributed by atoms with Crippen molar-refractivity contribution in [2.24, 2.45) is 0 Å². The number of rotatable bonds is 3. The van der Waals surface area contributed by atoms with Gasteiger partial charge in [-0.15, -0.1) is 0 Å². The Kier molecular flexibility index (Phi) is 4.02. The highest BCUT2D eigenvalue weighted by atomic mass is 31.1. The second-order valence-corrected chi connectivity index (χ2v) is 4.79. The van der Waals surface area contributed by atoms with Gasteiger partial charge >= 0.3 is 0 Å². The molecule has 0 amide bonds. The Morgan fingerprint density at radius 1 is 1.13 bits per heavy atom. The molecular weight excluding hydrogens is 203 g/mol. The van der Waals surface area contributed by atoms with Crippen LogP contribution in [0.4, 0.5) is 0 Å². The van der Waals surface area contributed by atoms with Crippen LogP contribution < -0.4 is 4.52 Å². The molecule has 1 saturated carbocycles. The molecule has 0 aromatic heterocycles. The fraction of sp³-hybridized carbons (Fsp3) is 0.538. The van der Waals surface area contributed by atoms with E-state index in [1.807, 2.05) is 0 Å². The molecule has 0 N–H and O–H groups in total. The second kappa shape index (κ2) is 5.51. The van der Waals surface area contributed by atoms with E-state index in [4.69, 9.17) is 4.52 Å². The molecule has 1 aromatic carbocycles.